The third kappa shape index (κ3) is 3.87. The van der Waals surface area contributed by atoms with Gasteiger partial charge < -0.3 is 19.2 Å². The largest absolute Gasteiger partial charge is 0.497 e. The van der Waals surface area contributed by atoms with Gasteiger partial charge in [0.15, 0.2) is 5.58 Å². The summed E-state index contributed by atoms with van der Waals surface area (Å²) < 4.78 is 16.9. The lowest BCUT2D eigenvalue weighted by Crippen LogP contribution is -2.45. The first-order valence-corrected chi connectivity index (χ1v) is 9.43. The van der Waals surface area contributed by atoms with Gasteiger partial charge in [-0.15, -0.1) is 0 Å². The van der Waals surface area contributed by atoms with Crippen molar-refractivity contribution in [1.29, 1.82) is 0 Å². The average Bonchev–Trinajstić information content (AvgIpc) is 3.10. The third-order valence-corrected chi connectivity index (χ3v) is 5.00. The zero-order valence-electron chi connectivity index (χ0n) is 16.3. The molecule has 1 N–H and O–H groups in total. The lowest BCUT2D eigenvalue weighted by molar-refractivity contribution is -0.0615. The molecule has 146 valence electrons. The van der Waals surface area contributed by atoms with Gasteiger partial charge in [-0.3, -0.25) is 4.79 Å². The molecule has 1 fully saturated rings. The molecule has 0 aliphatic carbocycles. The summed E-state index contributed by atoms with van der Waals surface area (Å²) in [6, 6.07) is 13.0. The zero-order valence-corrected chi connectivity index (χ0v) is 16.3. The molecule has 1 amide bonds. The number of fused-ring (bicyclic) bond motifs is 1. The number of nitrogens with one attached hydrogen (secondary N) is 1. The summed E-state index contributed by atoms with van der Waals surface area (Å²) in [5.74, 6) is 1.13. The number of oxazole rings is 1. The number of ether oxygens (including phenoxy) is 2. The highest BCUT2D eigenvalue weighted by atomic mass is 16.5. The highest BCUT2D eigenvalue weighted by Gasteiger charge is 2.29. The van der Waals surface area contributed by atoms with Gasteiger partial charge >= 0.3 is 0 Å². The highest BCUT2D eigenvalue weighted by molar-refractivity contribution is 5.97. The number of aromatic nitrogens is 1. The van der Waals surface area contributed by atoms with Crippen LogP contribution in [0.1, 0.15) is 37.0 Å². The molecule has 0 unspecified atom stereocenters. The molecule has 1 aromatic heterocycles. The maximum atomic E-state index is 12.7. The molecule has 1 aliphatic heterocycles. The number of methoxy groups -OCH3 is 1. The molecule has 3 aromatic rings. The Balaban J connectivity index is 1.55. The van der Waals surface area contributed by atoms with E-state index in [1.165, 1.54) is 0 Å². The van der Waals surface area contributed by atoms with Gasteiger partial charge in [0.05, 0.1) is 12.7 Å². The average molecular weight is 380 g/mol. The number of carbonyl (C=O) groups is 1. The van der Waals surface area contributed by atoms with Crippen molar-refractivity contribution in [3.8, 4) is 17.2 Å². The molecule has 28 heavy (non-hydrogen) atoms. The van der Waals surface area contributed by atoms with Crippen LogP contribution in [-0.2, 0) is 4.74 Å². The Morgan fingerprint density at radius 3 is 2.89 bits per heavy atom. The Bertz CT molecular complexity index is 1010. The minimum atomic E-state index is -0.212. The molecule has 0 radical (unpaired) electrons. The lowest BCUT2D eigenvalue weighted by atomic mass is 9.94. The fourth-order valence-electron chi connectivity index (χ4n) is 3.57. The van der Waals surface area contributed by atoms with Crippen molar-refractivity contribution >= 4 is 17.0 Å². The van der Waals surface area contributed by atoms with Crippen LogP contribution in [0.3, 0.4) is 0 Å². The second-order valence-corrected chi connectivity index (χ2v) is 7.70. The third-order valence-electron chi connectivity index (χ3n) is 5.00. The van der Waals surface area contributed by atoms with E-state index in [0.29, 0.717) is 29.2 Å². The van der Waals surface area contributed by atoms with E-state index in [9.17, 15) is 4.79 Å². The van der Waals surface area contributed by atoms with Crippen molar-refractivity contribution in [2.24, 2.45) is 0 Å². The number of carbonyl (C=O) groups excluding carboxylic acids is 1. The predicted octanol–water partition coefficient (Wildman–Crippen LogP) is 4.19. The van der Waals surface area contributed by atoms with Crippen molar-refractivity contribution in [3.05, 3.63) is 48.0 Å². The maximum Gasteiger partial charge on any atom is 0.251 e. The normalized spacial score (nSPS) is 18.8. The first kappa shape index (κ1) is 18.5. The van der Waals surface area contributed by atoms with Gasteiger partial charge in [-0.05, 0) is 63.1 Å². The van der Waals surface area contributed by atoms with Crippen molar-refractivity contribution in [2.45, 2.75) is 38.3 Å². The van der Waals surface area contributed by atoms with Crippen LogP contribution in [0.4, 0.5) is 0 Å². The van der Waals surface area contributed by atoms with E-state index in [0.717, 1.165) is 24.2 Å². The molecule has 1 saturated heterocycles. The SMILES string of the molecule is COc1cccc(-c2nc3ccc(C(=O)N[C@H]4CCOC(C)(C)C4)cc3o2)c1. The molecule has 6 nitrogen and oxygen atoms in total. The van der Waals surface area contributed by atoms with Crippen LogP contribution in [0, 0.1) is 0 Å². The Morgan fingerprint density at radius 2 is 2.11 bits per heavy atom. The first-order chi connectivity index (χ1) is 13.4. The molecule has 2 heterocycles. The molecule has 1 aliphatic rings. The van der Waals surface area contributed by atoms with E-state index in [4.69, 9.17) is 13.9 Å². The summed E-state index contributed by atoms with van der Waals surface area (Å²) >= 11 is 0. The summed E-state index contributed by atoms with van der Waals surface area (Å²) in [6.07, 6.45) is 1.61. The number of nitrogens with zero attached hydrogens (tertiary/aromatic N) is 1. The van der Waals surface area contributed by atoms with Crippen LogP contribution >= 0.6 is 0 Å². The van der Waals surface area contributed by atoms with E-state index < -0.39 is 0 Å². The molecule has 6 heteroatoms. The summed E-state index contributed by atoms with van der Waals surface area (Å²) in [5.41, 5.74) is 2.46. The van der Waals surface area contributed by atoms with E-state index in [1.807, 2.05) is 44.2 Å². The van der Waals surface area contributed by atoms with Crippen LogP contribution in [0.25, 0.3) is 22.6 Å². The van der Waals surface area contributed by atoms with E-state index in [2.05, 4.69) is 10.3 Å². The molecule has 1 atom stereocenters. The van der Waals surface area contributed by atoms with Gasteiger partial charge in [-0.1, -0.05) is 6.07 Å². The Hall–Kier alpha value is -2.86. The molecule has 0 spiro atoms. The Morgan fingerprint density at radius 1 is 1.25 bits per heavy atom. The van der Waals surface area contributed by atoms with Gasteiger partial charge in [-0.2, -0.15) is 0 Å². The molecule has 2 aromatic carbocycles. The summed E-state index contributed by atoms with van der Waals surface area (Å²) in [4.78, 5) is 17.2. The zero-order chi connectivity index (χ0) is 19.7. The number of rotatable bonds is 4. The minimum absolute atomic E-state index is 0.106. The highest BCUT2D eigenvalue weighted by Crippen LogP contribution is 2.28. The quantitative estimate of drug-likeness (QED) is 0.735. The van der Waals surface area contributed by atoms with E-state index >= 15 is 0 Å². The number of benzene rings is 2. The van der Waals surface area contributed by atoms with Crippen molar-refractivity contribution in [3.63, 3.8) is 0 Å². The fraction of sp³-hybridized carbons (Fsp3) is 0.364. The van der Waals surface area contributed by atoms with E-state index in [1.54, 1.807) is 19.2 Å². The van der Waals surface area contributed by atoms with Crippen LogP contribution < -0.4 is 10.1 Å². The van der Waals surface area contributed by atoms with E-state index in [-0.39, 0.29) is 17.6 Å². The standard InChI is InChI=1S/C22H24N2O4/c1-22(2)13-16(9-10-27-22)23-20(25)14-7-8-18-19(12-14)28-21(24-18)15-5-4-6-17(11-15)26-3/h4-8,11-12,16H,9-10,13H2,1-3H3,(H,23,25)/t16-/m0/s1. The summed E-state index contributed by atoms with van der Waals surface area (Å²) in [7, 11) is 1.62. The van der Waals surface area contributed by atoms with Gasteiger partial charge in [0.1, 0.15) is 11.3 Å². The van der Waals surface area contributed by atoms with Gasteiger partial charge in [-0.25, -0.2) is 4.98 Å². The molecule has 4 rings (SSSR count). The number of amides is 1. The Labute approximate surface area is 163 Å². The second kappa shape index (κ2) is 7.28. The number of hydrogen-bond donors (Lipinski definition) is 1. The van der Waals surface area contributed by atoms with Crippen LogP contribution in [0.2, 0.25) is 0 Å². The van der Waals surface area contributed by atoms with Crippen molar-refractivity contribution < 1.29 is 18.7 Å². The second-order valence-electron chi connectivity index (χ2n) is 7.70. The van der Waals surface area contributed by atoms with Gasteiger partial charge in [0.2, 0.25) is 5.89 Å². The summed E-state index contributed by atoms with van der Waals surface area (Å²) in [6.45, 7) is 4.75. The van der Waals surface area contributed by atoms with Crippen molar-refractivity contribution in [2.75, 3.05) is 13.7 Å². The van der Waals surface area contributed by atoms with Crippen LogP contribution in [-0.4, -0.2) is 36.3 Å². The lowest BCUT2D eigenvalue weighted by Gasteiger charge is -2.35. The van der Waals surface area contributed by atoms with Crippen LogP contribution in [0.5, 0.6) is 5.75 Å². The number of hydrogen-bond acceptors (Lipinski definition) is 5. The monoisotopic (exact) mass is 380 g/mol. The maximum absolute atomic E-state index is 12.7. The molecule has 0 saturated carbocycles. The van der Waals surface area contributed by atoms with Crippen LogP contribution in [0.15, 0.2) is 46.9 Å². The molecular formula is C22H24N2O4. The van der Waals surface area contributed by atoms with Gasteiger partial charge in [0, 0.05) is 23.8 Å². The topological polar surface area (TPSA) is 73.6 Å². The molecule has 0 bridgehead atoms. The minimum Gasteiger partial charge on any atom is -0.497 e. The van der Waals surface area contributed by atoms with Crippen molar-refractivity contribution in [1.82, 2.24) is 10.3 Å². The predicted molar refractivity (Wildman–Crippen MR) is 107 cm³/mol. The Kier molecular flexibility index (Phi) is 4.81. The first-order valence-electron chi connectivity index (χ1n) is 9.43. The fourth-order valence-corrected chi connectivity index (χ4v) is 3.57. The molecular weight excluding hydrogens is 356 g/mol. The summed E-state index contributed by atoms with van der Waals surface area (Å²) in [5, 5.41) is 3.11. The van der Waals surface area contributed by atoms with Gasteiger partial charge in [0.25, 0.3) is 5.91 Å². The smallest absolute Gasteiger partial charge is 0.251 e.